The molecule has 12 heteroatoms. The number of carbonyl (C=O) groups is 5. The lowest BCUT2D eigenvalue weighted by molar-refractivity contribution is -0.277. The maximum atomic E-state index is 12.5. The zero-order chi connectivity index (χ0) is 28.2. The molecule has 1 fully saturated rings. The molecule has 1 aromatic rings. The van der Waals surface area contributed by atoms with Gasteiger partial charge in [0.25, 0.3) is 0 Å². The second kappa shape index (κ2) is 15.0. The predicted octanol–water partition coefficient (Wildman–Crippen LogP) is 1.61. The van der Waals surface area contributed by atoms with E-state index in [2.05, 4.69) is 5.32 Å². The van der Waals surface area contributed by atoms with Crippen LogP contribution < -0.4 is 10.1 Å². The van der Waals surface area contributed by atoms with Crippen LogP contribution in [-0.4, -0.2) is 73.6 Å². The Morgan fingerprint density at radius 1 is 0.868 bits per heavy atom. The molecule has 12 nitrogen and oxygen atoms in total. The molecule has 1 heterocycles. The summed E-state index contributed by atoms with van der Waals surface area (Å²) in [7, 11) is 0. The van der Waals surface area contributed by atoms with Crippen LogP contribution in [0.3, 0.4) is 0 Å². The summed E-state index contributed by atoms with van der Waals surface area (Å²) < 4.78 is 33.0. The van der Waals surface area contributed by atoms with E-state index in [1.807, 2.05) is 6.92 Å². The zero-order valence-corrected chi connectivity index (χ0v) is 22.2. The van der Waals surface area contributed by atoms with E-state index in [0.717, 1.165) is 5.56 Å². The Kier molecular flexibility index (Phi) is 12.2. The topological polar surface area (TPSA) is 153 Å². The van der Waals surface area contributed by atoms with Crippen LogP contribution in [-0.2, 0) is 54.1 Å². The van der Waals surface area contributed by atoms with Crippen LogP contribution in [0.4, 0.5) is 0 Å². The van der Waals surface area contributed by atoms with Crippen LogP contribution in [0.2, 0.25) is 0 Å². The lowest BCUT2D eigenvalue weighted by atomic mass is 9.95. The fourth-order valence-corrected chi connectivity index (χ4v) is 3.87. The van der Waals surface area contributed by atoms with Crippen molar-refractivity contribution in [3.8, 4) is 5.75 Å². The summed E-state index contributed by atoms with van der Waals surface area (Å²) in [6, 6.07) is 5.81. The van der Waals surface area contributed by atoms with Crippen molar-refractivity contribution < 1.29 is 52.4 Å². The standard InChI is InChI=1S/C26H35NO11/c1-6-7-22(32)27-23-25(37-18(5)31)24(36-17(4)30)21(14-34-15(2)28)38-26(23)33-13-12-19-8-10-20(11-9-19)35-16(3)29/h8-11,21,23-26H,6-7,12-14H2,1-5H3,(H,27,32)/t21-,23-,24-,25-,26?/m1/s1. The van der Waals surface area contributed by atoms with Gasteiger partial charge in [0.2, 0.25) is 5.91 Å². The molecule has 1 aromatic carbocycles. The predicted molar refractivity (Wildman–Crippen MR) is 131 cm³/mol. The van der Waals surface area contributed by atoms with Crippen molar-refractivity contribution >= 4 is 29.8 Å². The first kappa shape index (κ1) is 30.7. The van der Waals surface area contributed by atoms with Gasteiger partial charge in [0, 0.05) is 34.1 Å². The van der Waals surface area contributed by atoms with Crippen LogP contribution in [0.15, 0.2) is 24.3 Å². The molecule has 1 saturated heterocycles. The minimum absolute atomic E-state index is 0.128. The minimum Gasteiger partial charge on any atom is -0.463 e. The number of nitrogens with one attached hydrogen (secondary N) is 1. The third-order valence-electron chi connectivity index (χ3n) is 5.36. The molecule has 38 heavy (non-hydrogen) atoms. The van der Waals surface area contributed by atoms with Crippen LogP contribution in [0.1, 0.15) is 53.0 Å². The largest absolute Gasteiger partial charge is 0.463 e. The van der Waals surface area contributed by atoms with Crippen LogP contribution in [0.5, 0.6) is 5.75 Å². The van der Waals surface area contributed by atoms with Crippen molar-refractivity contribution in [2.75, 3.05) is 13.2 Å². The number of hydrogen-bond acceptors (Lipinski definition) is 11. The van der Waals surface area contributed by atoms with Crippen molar-refractivity contribution in [2.45, 2.75) is 84.5 Å². The second-order valence-electron chi connectivity index (χ2n) is 8.70. The monoisotopic (exact) mass is 537 g/mol. The number of amides is 1. The molecular formula is C26H35NO11. The van der Waals surface area contributed by atoms with E-state index in [0.29, 0.717) is 18.6 Å². The van der Waals surface area contributed by atoms with Gasteiger partial charge in [-0.2, -0.15) is 0 Å². The fourth-order valence-electron chi connectivity index (χ4n) is 3.87. The summed E-state index contributed by atoms with van der Waals surface area (Å²) in [6.45, 7) is 6.53. The summed E-state index contributed by atoms with van der Waals surface area (Å²) in [4.78, 5) is 59.0. The maximum Gasteiger partial charge on any atom is 0.308 e. The molecule has 0 aliphatic carbocycles. The minimum atomic E-state index is -1.18. The number of ether oxygens (including phenoxy) is 6. The molecule has 0 saturated carbocycles. The first-order valence-corrected chi connectivity index (χ1v) is 12.3. The SMILES string of the molecule is CCCC(=O)N[C@H]1C(OCCc2ccc(OC(C)=O)cc2)O[C@H](COC(C)=O)[C@@H](OC(C)=O)[C@@H]1OC(C)=O. The van der Waals surface area contributed by atoms with Gasteiger partial charge in [-0.15, -0.1) is 0 Å². The van der Waals surface area contributed by atoms with E-state index >= 15 is 0 Å². The molecule has 0 bridgehead atoms. The molecule has 0 spiro atoms. The Hall–Kier alpha value is -3.51. The van der Waals surface area contributed by atoms with Crippen molar-refractivity contribution in [3.63, 3.8) is 0 Å². The lowest BCUT2D eigenvalue weighted by Gasteiger charge is -2.45. The highest BCUT2D eigenvalue weighted by Crippen LogP contribution is 2.28. The molecule has 1 aliphatic heterocycles. The Morgan fingerprint density at radius 2 is 1.50 bits per heavy atom. The molecular weight excluding hydrogens is 502 g/mol. The Balaban J connectivity index is 2.27. The van der Waals surface area contributed by atoms with Gasteiger partial charge in [-0.25, -0.2) is 0 Å². The van der Waals surface area contributed by atoms with E-state index in [-0.39, 0.29) is 25.5 Å². The van der Waals surface area contributed by atoms with Crippen LogP contribution in [0.25, 0.3) is 0 Å². The summed E-state index contributed by atoms with van der Waals surface area (Å²) in [5, 5.41) is 2.77. The average Bonchev–Trinajstić information content (AvgIpc) is 2.81. The van der Waals surface area contributed by atoms with Gasteiger partial charge >= 0.3 is 23.9 Å². The quantitative estimate of drug-likeness (QED) is 0.235. The highest BCUT2D eigenvalue weighted by Gasteiger charge is 2.51. The second-order valence-corrected chi connectivity index (χ2v) is 8.70. The normalized spacial score (nSPS) is 22.6. The third-order valence-corrected chi connectivity index (χ3v) is 5.36. The van der Waals surface area contributed by atoms with E-state index in [1.165, 1.54) is 27.7 Å². The first-order valence-electron chi connectivity index (χ1n) is 12.3. The van der Waals surface area contributed by atoms with E-state index in [9.17, 15) is 24.0 Å². The number of hydrogen-bond donors (Lipinski definition) is 1. The lowest BCUT2D eigenvalue weighted by Crippen LogP contribution is -2.66. The molecule has 2 rings (SSSR count). The van der Waals surface area contributed by atoms with E-state index in [1.54, 1.807) is 24.3 Å². The number of carbonyl (C=O) groups excluding carboxylic acids is 5. The van der Waals surface area contributed by atoms with Crippen molar-refractivity contribution in [3.05, 3.63) is 29.8 Å². The van der Waals surface area contributed by atoms with Gasteiger partial charge in [0.15, 0.2) is 18.5 Å². The van der Waals surface area contributed by atoms with Gasteiger partial charge < -0.3 is 33.7 Å². The Bertz CT molecular complexity index is 978. The average molecular weight is 538 g/mol. The van der Waals surface area contributed by atoms with Crippen molar-refractivity contribution in [1.29, 1.82) is 0 Å². The Morgan fingerprint density at radius 3 is 2.05 bits per heavy atom. The highest BCUT2D eigenvalue weighted by atomic mass is 16.7. The van der Waals surface area contributed by atoms with Gasteiger partial charge in [0.1, 0.15) is 24.5 Å². The van der Waals surface area contributed by atoms with Crippen LogP contribution >= 0.6 is 0 Å². The van der Waals surface area contributed by atoms with Gasteiger partial charge in [-0.05, 0) is 30.5 Å². The van der Waals surface area contributed by atoms with Crippen LogP contribution in [0, 0.1) is 0 Å². The molecule has 1 aliphatic rings. The number of rotatable bonds is 12. The molecule has 1 N–H and O–H groups in total. The molecule has 5 atom stereocenters. The Labute approximate surface area is 221 Å². The van der Waals surface area contributed by atoms with Crippen molar-refractivity contribution in [1.82, 2.24) is 5.32 Å². The van der Waals surface area contributed by atoms with Gasteiger partial charge in [-0.1, -0.05) is 19.1 Å². The first-order chi connectivity index (χ1) is 18.0. The zero-order valence-electron chi connectivity index (χ0n) is 22.2. The highest BCUT2D eigenvalue weighted by molar-refractivity contribution is 5.76. The number of benzene rings is 1. The summed E-state index contributed by atoms with van der Waals surface area (Å²) >= 11 is 0. The van der Waals surface area contributed by atoms with Crippen molar-refractivity contribution in [2.24, 2.45) is 0 Å². The smallest absolute Gasteiger partial charge is 0.308 e. The van der Waals surface area contributed by atoms with E-state index < -0.39 is 54.5 Å². The van der Waals surface area contributed by atoms with E-state index in [4.69, 9.17) is 28.4 Å². The summed E-state index contributed by atoms with van der Waals surface area (Å²) in [5.74, 6) is -2.31. The summed E-state index contributed by atoms with van der Waals surface area (Å²) in [5.41, 5.74) is 0.870. The fraction of sp³-hybridized carbons (Fsp3) is 0.577. The molecule has 0 radical (unpaired) electrons. The molecule has 1 amide bonds. The molecule has 210 valence electrons. The summed E-state index contributed by atoms with van der Waals surface area (Å²) in [6.07, 6.45) is -3.35. The molecule has 1 unspecified atom stereocenters. The number of esters is 4. The third kappa shape index (κ3) is 10.1. The molecule has 0 aromatic heterocycles. The van der Waals surface area contributed by atoms with Gasteiger partial charge in [0.05, 0.1) is 6.61 Å². The van der Waals surface area contributed by atoms with Gasteiger partial charge in [-0.3, -0.25) is 24.0 Å². The maximum absolute atomic E-state index is 12.5.